The Kier molecular flexibility index (Phi) is 4.02. The summed E-state index contributed by atoms with van der Waals surface area (Å²) in [4.78, 5) is 25.9. The molecule has 1 aromatic rings. The van der Waals surface area contributed by atoms with Crippen molar-refractivity contribution >= 4 is 11.9 Å². The first-order valence-corrected chi connectivity index (χ1v) is 7.65. The molecule has 6 nitrogen and oxygen atoms in total. The number of hydrogen-bond donors (Lipinski definition) is 2. The van der Waals surface area contributed by atoms with E-state index in [4.69, 9.17) is 4.74 Å². The molecule has 0 aliphatic carbocycles. The monoisotopic (exact) mass is 303 g/mol. The molecule has 2 heterocycles. The van der Waals surface area contributed by atoms with Crippen molar-refractivity contribution in [3.63, 3.8) is 0 Å². The maximum atomic E-state index is 12.5. The summed E-state index contributed by atoms with van der Waals surface area (Å²) in [6.07, 6.45) is 1.29. The van der Waals surface area contributed by atoms with Gasteiger partial charge in [0.2, 0.25) is 0 Å². The molecule has 2 aliphatic rings. The van der Waals surface area contributed by atoms with E-state index in [-0.39, 0.29) is 18.5 Å². The van der Waals surface area contributed by atoms with Gasteiger partial charge in [0.05, 0.1) is 6.54 Å². The maximum Gasteiger partial charge on any atom is 0.325 e. The topological polar surface area (TPSA) is 70.7 Å². The average molecular weight is 303 g/mol. The summed E-state index contributed by atoms with van der Waals surface area (Å²) in [5.41, 5.74) is 0.409. The Hall–Kier alpha value is -2.08. The van der Waals surface area contributed by atoms with Gasteiger partial charge in [0, 0.05) is 0 Å². The van der Waals surface area contributed by atoms with Crippen LogP contribution in [-0.4, -0.2) is 48.6 Å². The molecule has 0 radical (unpaired) electrons. The van der Waals surface area contributed by atoms with E-state index in [1.54, 1.807) is 0 Å². The number of nitrogens with one attached hydrogen (secondary N) is 2. The van der Waals surface area contributed by atoms with E-state index in [1.165, 1.54) is 4.90 Å². The van der Waals surface area contributed by atoms with Crippen LogP contribution >= 0.6 is 0 Å². The van der Waals surface area contributed by atoms with Gasteiger partial charge in [-0.15, -0.1) is 0 Å². The highest BCUT2D eigenvalue weighted by atomic mass is 16.5. The Labute approximate surface area is 129 Å². The van der Waals surface area contributed by atoms with Crippen LogP contribution in [-0.2, 0) is 4.79 Å². The number of nitrogens with zero attached hydrogens (tertiary/aromatic N) is 1. The molecular formula is C16H21N3O3. The van der Waals surface area contributed by atoms with Crippen molar-refractivity contribution in [1.29, 1.82) is 0 Å². The predicted octanol–water partition coefficient (Wildman–Crippen LogP) is 1.05. The summed E-state index contributed by atoms with van der Waals surface area (Å²) in [6.45, 7) is 4.06. The number of piperidine rings is 1. The smallest absolute Gasteiger partial charge is 0.325 e. The average Bonchev–Trinajstić information content (AvgIpc) is 2.72. The lowest BCUT2D eigenvalue weighted by Crippen LogP contribution is -2.54. The molecule has 3 amide bonds. The Morgan fingerprint density at radius 1 is 1.27 bits per heavy atom. The predicted molar refractivity (Wildman–Crippen MR) is 81.8 cm³/mol. The van der Waals surface area contributed by atoms with Gasteiger partial charge in [0.1, 0.15) is 17.9 Å². The number of imide groups is 1. The molecule has 0 bridgehead atoms. The lowest BCUT2D eigenvalue weighted by atomic mass is 9.88. The second-order valence-electron chi connectivity index (χ2n) is 5.88. The molecule has 1 spiro atoms. The second kappa shape index (κ2) is 5.96. The van der Waals surface area contributed by atoms with Crippen LogP contribution in [0.2, 0.25) is 0 Å². The van der Waals surface area contributed by atoms with Crippen molar-refractivity contribution in [3.05, 3.63) is 29.8 Å². The van der Waals surface area contributed by atoms with Gasteiger partial charge in [-0.3, -0.25) is 9.69 Å². The van der Waals surface area contributed by atoms with Crippen LogP contribution < -0.4 is 15.4 Å². The highest BCUT2D eigenvalue weighted by Crippen LogP contribution is 2.26. The fourth-order valence-corrected chi connectivity index (χ4v) is 3.03. The SMILES string of the molecule is Cc1cccc(OCCN2C(=O)NC3(CCNCC3)C2=O)c1. The highest BCUT2D eigenvalue weighted by molar-refractivity contribution is 6.07. The van der Waals surface area contributed by atoms with E-state index in [0.717, 1.165) is 24.4 Å². The minimum atomic E-state index is -0.703. The molecule has 0 unspecified atom stereocenters. The first-order valence-electron chi connectivity index (χ1n) is 7.65. The number of rotatable bonds is 4. The molecule has 0 atom stereocenters. The number of hydrogen-bond acceptors (Lipinski definition) is 4. The first-order chi connectivity index (χ1) is 10.6. The standard InChI is InChI=1S/C16H21N3O3/c1-12-3-2-4-13(11-12)22-10-9-19-14(20)16(18-15(19)21)5-7-17-8-6-16/h2-4,11,17H,5-10H2,1H3,(H,18,21). The second-order valence-corrected chi connectivity index (χ2v) is 5.88. The van der Waals surface area contributed by atoms with Crippen LogP contribution in [0.5, 0.6) is 5.75 Å². The number of benzene rings is 1. The molecule has 6 heteroatoms. The lowest BCUT2D eigenvalue weighted by molar-refractivity contribution is -0.132. The van der Waals surface area contributed by atoms with Crippen molar-refractivity contribution < 1.29 is 14.3 Å². The number of carbonyl (C=O) groups is 2. The fourth-order valence-electron chi connectivity index (χ4n) is 3.03. The van der Waals surface area contributed by atoms with Gasteiger partial charge in [-0.05, 0) is 50.6 Å². The quantitative estimate of drug-likeness (QED) is 0.816. The molecule has 1 aromatic carbocycles. The largest absolute Gasteiger partial charge is 0.492 e. The maximum absolute atomic E-state index is 12.5. The van der Waals surface area contributed by atoms with E-state index in [0.29, 0.717) is 19.4 Å². The van der Waals surface area contributed by atoms with Crippen LogP contribution in [0, 0.1) is 6.92 Å². The van der Waals surface area contributed by atoms with Crippen molar-refractivity contribution in [2.45, 2.75) is 25.3 Å². The van der Waals surface area contributed by atoms with Gasteiger partial charge in [-0.2, -0.15) is 0 Å². The Morgan fingerprint density at radius 3 is 2.77 bits per heavy atom. The van der Waals surface area contributed by atoms with Gasteiger partial charge < -0.3 is 15.4 Å². The zero-order valence-electron chi connectivity index (χ0n) is 12.7. The van der Waals surface area contributed by atoms with E-state index in [9.17, 15) is 9.59 Å². The molecule has 22 heavy (non-hydrogen) atoms. The third-order valence-corrected chi connectivity index (χ3v) is 4.28. The Bertz CT molecular complexity index is 582. The van der Waals surface area contributed by atoms with Gasteiger partial charge in [0.15, 0.2) is 0 Å². The van der Waals surface area contributed by atoms with Crippen LogP contribution in [0.25, 0.3) is 0 Å². The number of amides is 3. The Balaban J connectivity index is 1.58. The molecule has 0 saturated carbocycles. The molecule has 0 aromatic heterocycles. The molecular weight excluding hydrogens is 282 g/mol. The summed E-state index contributed by atoms with van der Waals surface area (Å²) in [6, 6.07) is 7.40. The Morgan fingerprint density at radius 2 is 2.05 bits per heavy atom. The zero-order valence-corrected chi connectivity index (χ0v) is 12.7. The normalized spacial score (nSPS) is 20.3. The summed E-state index contributed by atoms with van der Waals surface area (Å²) < 4.78 is 5.63. The first kappa shape index (κ1) is 14.8. The molecule has 2 fully saturated rings. The number of aryl methyl sites for hydroxylation is 1. The third-order valence-electron chi connectivity index (χ3n) is 4.28. The minimum Gasteiger partial charge on any atom is -0.492 e. The van der Waals surface area contributed by atoms with E-state index in [1.807, 2.05) is 31.2 Å². The van der Waals surface area contributed by atoms with Gasteiger partial charge in [-0.25, -0.2) is 4.79 Å². The minimum absolute atomic E-state index is 0.119. The van der Waals surface area contributed by atoms with Gasteiger partial charge in [0.25, 0.3) is 5.91 Å². The highest BCUT2D eigenvalue weighted by Gasteiger charge is 2.51. The summed E-state index contributed by atoms with van der Waals surface area (Å²) in [5.74, 6) is 0.635. The van der Waals surface area contributed by atoms with E-state index in [2.05, 4.69) is 10.6 Å². The molecule has 2 aliphatic heterocycles. The summed E-state index contributed by atoms with van der Waals surface area (Å²) in [7, 11) is 0. The van der Waals surface area contributed by atoms with Crippen LogP contribution in [0.1, 0.15) is 18.4 Å². The fraction of sp³-hybridized carbons (Fsp3) is 0.500. The molecule has 2 saturated heterocycles. The van der Waals surface area contributed by atoms with Crippen molar-refractivity contribution in [1.82, 2.24) is 15.5 Å². The van der Waals surface area contributed by atoms with Crippen molar-refractivity contribution in [3.8, 4) is 5.75 Å². The van der Waals surface area contributed by atoms with Crippen LogP contribution in [0.4, 0.5) is 4.79 Å². The zero-order chi connectivity index (χ0) is 15.6. The van der Waals surface area contributed by atoms with Crippen LogP contribution in [0.3, 0.4) is 0 Å². The number of urea groups is 1. The molecule has 3 rings (SSSR count). The van der Waals surface area contributed by atoms with Crippen LogP contribution in [0.15, 0.2) is 24.3 Å². The van der Waals surface area contributed by atoms with Crippen molar-refractivity contribution in [2.24, 2.45) is 0 Å². The number of carbonyl (C=O) groups excluding carboxylic acids is 2. The third kappa shape index (κ3) is 2.78. The number of ether oxygens (including phenoxy) is 1. The van der Waals surface area contributed by atoms with E-state index < -0.39 is 5.54 Å². The van der Waals surface area contributed by atoms with Crippen molar-refractivity contribution in [2.75, 3.05) is 26.2 Å². The summed E-state index contributed by atoms with van der Waals surface area (Å²) in [5, 5.41) is 6.08. The lowest BCUT2D eigenvalue weighted by Gasteiger charge is -2.31. The molecule has 2 N–H and O–H groups in total. The molecule has 118 valence electrons. The van der Waals surface area contributed by atoms with E-state index >= 15 is 0 Å². The van der Waals surface area contributed by atoms with Gasteiger partial charge >= 0.3 is 6.03 Å². The summed E-state index contributed by atoms with van der Waals surface area (Å²) >= 11 is 0. The van der Waals surface area contributed by atoms with Gasteiger partial charge in [-0.1, -0.05) is 12.1 Å².